The number of aromatic amines is 1. The number of ether oxygens (including phenoxy) is 2. The lowest BCUT2D eigenvalue weighted by molar-refractivity contribution is -0.141. The SMILES string of the molecule is CC(C)=CCC/C(C)=C/CC[C@@]1(C)Oc2c(c(O)cc3c2CN(CCC[C@@H](C(=O)NCCC(=O)N[C@@H](Cc2cnc[nH]2)C(=O)O)N2Cc4c(cc(O)c5c4O[C@](C)(CC/C=C(\C)CCC=C(C)C)[C@@H](O)C5)C2=O)C3=O)C[C@@H]1O. The summed E-state index contributed by atoms with van der Waals surface area (Å²) in [5.74, 6) is -3.05. The molecule has 4 aliphatic heterocycles. The summed E-state index contributed by atoms with van der Waals surface area (Å²) in [6.45, 7) is 16.1. The summed E-state index contributed by atoms with van der Waals surface area (Å²) in [6, 6.07) is 0.361. The lowest BCUT2D eigenvalue weighted by Crippen LogP contribution is -2.49. The Bertz CT molecular complexity index is 2860. The van der Waals surface area contributed by atoms with Gasteiger partial charge in [0, 0.05) is 72.9 Å². The van der Waals surface area contributed by atoms with Crippen molar-refractivity contribution in [1.29, 1.82) is 0 Å². The van der Waals surface area contributed by atoms with Crippen LogP contribution in [0.5, 0.6) is 23.0 Å². The molecule has 2 aromatic carbocycles. The zero-order valence-corrected chi connectivity index (χ0v) is 46.6. The summed E-state index contributed by atoms with van der Waals surface area (Å²) in [4.78, 5) is 78.0. The molecule has 0 fully saturated rings. The van der Waals surface area contributed by atoms with Crippen molar-refractivity contribution >= 4 is 29.6 Å². The molecule has 1 aromatic heterocycles. The molecule has 0 saturated carbocycles. The van der Waals surface area contributed by atoms with Gasteiger partial charge in [0.1, 0.15) is 46.3 Å². The fourth-order valence-electron chi connectivity index (χ4n) is 10.9. The van der Waals surface area contributed by atoms with E-state index in [0.29, 0.717) is 59.4 Å². The Morgan fingerprint density at radius 3 is 1.82 bits per heavy atom. The number of hydrogen-bond acceptors (Lipinski definition) is 12. The van der Waals surface area contributed by atoms with Crippen molar-refractivity contribution in [2.24, 2.45) is 0 Å². The van der Waals surface area contributed by atoms with Gasteiger partial charge in [0.15, 0.2) is 0 Å². The molecular formula is C60H80N6O12. The van der Waals surface area contributed by atoms with Crippen LogP contribution in [0.1, 0.15) is 175 Å². The van der Waals surface area contributed by atoms with Gasteiger partial charge in [-0.3, -0.25) is 19.2 Å². The van der Waals surface area contributed by atoms with Gasteiger partial charge in [-0.2, -0.15) is 0 Å². The molecule has 0 unspecified atom stereocenters. The molecule has 5 heterocycles. The zero-order valence-electron chi connectivity index (χ0n) is 46.6. The fourth-order valence-corrected chi connectivity index (χ4v) is 10.9. The number of H-pyrrole nitrogens is 1. The first-order valence-corrected chi connectivity index (χ1v) is 27.4. The number of aliphatic hydroxyl groups is 2. The minimum absolute atomic E-state index is 0.0410. The normalized spacial score (nSPS) is 21.4. The van der Waals surface area contributed by atoms with E-state index in [4.69, 9.17) is 9.47 Å². The van der Waals surface area contributed by atoms with Crippen molar-refractivity contribution in [3.8, 4) is 23.0 Å². The van der Waals surface area contributed by atoms with E-state index in [9.17, 15) is 49.5 Å². The highest BCUT2D eigenvalue weighted by molar-refractivity contribution is 6.03. The highest BCUT2D eigenvalue weighted by Crippen LogP contribution is 2.48. The highest BCUT2D eigenvalue weighted by Gasteiger charge is 2.47. The van der Waals surface area contributed by atoms with Gasteiger partial charge in [0.25, 0.3) is 11.8 Å². The number of fused-ring (bicyclic) bond motifs is 6. The number of phenolic OH excluding ortho intramolecular Hbond substituents is 2. The van der Waals surface area contributed by atoms with Crippen molar-refractivity contribution in [3.63, 3.8) is 0 Å². The number of aliphatic hydroxyl groups excluding tert-OH is 2. The number of carbonyl (C=O) groups excluding carboxylic acids is 4. The van der Waals surface area contributed by atoms with Crippen molar-refractivity contribution in [2.45, 2.75) is 194 Å². The van der Waals surface area contributed by atoms with E-state index in [2.05, 4.69) is 86.4 Å². The lowest BCUT2D eigenvalue weighted by Gasteiger charge is -2.41. The number of aliphatic carboxylic acids is 1. The Kier molecular flexibility index (Phi) is 19.0. The third-order valence-corrected chi connectivity index (χ3v) is 15.8. The number of carboxylic acid groups (broad SMARTS) is 1. The molecule has 3 aromatic rings. The summed E-state index contributed by atoms with van der Waals surface area (Å²) in [5, 5.41) is 60.5. The van der Waals surface area contributed by atoms with Crippen LogP contribution in [-0.4, -0.2) is 123 Å². The third kappa shape index (κ3) is 13.8. The number of hydrogen-bond donors (Lipinski definition) is 8. The zero-order chi connectivity index (χ0) is 56.6. The molecule has 0 saturated heterocycles. The first-order valence-electron chi connectivity index (χ1n) is 27.4. The van der Waals surface area contributed by atoms with Gasteiger partial charge in [-0.15, -0.1) is 0 Å². The second-order valence-corrected chi connectivity index (χ2v) is 22.6. The molecule has 422 valence electrons. The van der Waals surface area contributed by atoms with Crippen LogP contribution in [0.4, 0.5) is 0 Å². The van der Waals surface area contributed by atoms with Gasteiger partial charge in [-0.1, -0.05) is 46.6 Å². The number of rotatable bonds is 25. The average molecular weight is 1080 g/mol. The number of aromatic nitrogens is 2. The van der Waals surface area contributed by atoms with E-state index in [1.807, 2.05) is 13.8 Å². The van der Waals surface area contributed by atoms with Crippen molar-refractivity contribution in [1.82, 2.24) is 30.4 Å². The number of aromatic hydroxyl groups is 2. The molecule has 78 heavy (non-hydrogen) atoms. The maximum absolute atomic E-state index is 14.6. The van der Waals surface area contributed by atoms with Crippen LogP contribution in [-0.2, 0) is 46.7 Å². The van der Waals surface area contributed by atoms with E-state index in [1.165, 1.54) is 51.8 Å². The molecular weight excluding hydrogens is 997 g/mol. The predicted molar refractivity (Wildman–Crippen MR) is 294 cm³/mol. The summed E-state index contributed by atoms with van der Waals surface area (Å²) < 4.78 is 13.3. The molecule has 8 N–H and O–H groups in total. The van der Waals surface area contributed by atoms with E-state index in [1.54, 1.807) is 4.90 Å². The molecule has 4 amide bonds. The van der Waals surface area contributed by atoms with Crippen LogP contribution >= 0.6 is 0 Å². The largest absolute Gasteiger partial charge is 0.508 e. The van der Waals surface area contributed by atoms with Gasteiger partial charge in [-0.05, 0) is 132 Å². The Labute approximate surface area is 457 Å². The highest BCUT2D eigenvalue weighted by atomic mass is 16.5. The molecule has 18 nitrogen and oxygen atoms in total. The Hall–Kier alpha value is -6.92. The summed E-state index contributed by atoms with van der Waals surface area (Å²) in [7, 11) is 0. The number of benzene rings is 2. The second-order valence-electron chi connectivity index (χ2n) is 22.6. The summed E-state index contributed by atoms with van der Waals surface area (Å²) in [5.41, 5.74) is 5.69. The first kappa shape index (κ1) is 58.8. The minimum atomic E-state index is -1.26. The molecule has 18 heteroatoms. The van der Waals surface area contributed by atoms with Crippen LogP contribution in [0.3, 0.4) is 0 Å². The maximum Gasteiger partial charge on any atom is 0.326 e. The molecule has 0 radical (unpaired) electrons. The standard InChI is InChI=1S/C60H80N6O12/c1-35(2)14-9-16-37(5)18-11-22-59(7)50(69)29-42-48(67)27-40-44(53(42)77-59)32-65(56(40)73)25-13-20-47(55(72)62-24-21-52(71)64-46(58(75)76)26-39-31-61-34-63-39)66-33-45-41(57(66)74)28-49(68)43-30-51(70)60(8,78-54(43)45)23-12-19-38(6)17-10-15-36(3)4/h14-15,18-19,27-28,31,34,46-47,50-51,67-70H,9-13,16-17,20-26,29-30,32-33H2,1-8H3,(H,61,63)(H,62,72)(H,64,71)(H,75,76)/b37-18+,38-19+/t46-,47-,50-,51-,59+,60+/m0/s1. The molecule has 7 rings (SSSR count). The third-order valence-electron chi connectivity index (χ3n) is 15.8. The minimum Gasteiger partial charge on any atom is -0.508 e. The lowest BCUT2D eigenvalue weighted by atomic mass is 9.84. The van der Waals surface area contributed by atoms with Crippen molar-refractivity contribution in [3.05, 3.63) is 110 Å². The van der Waals surface area contributed by atoms with Crippen LogP contribution in [0.15, 0.2) is 71.3 Å². The van der Waals surface area contributed by atoms with Crippen LogP contribution < -0.4 is 20.1 Å². The average Bonchev–Trinajstić information content (AvgIpc) is 4.26. The second kappa shape index (κ2) is 25.3. The van der Waals surface area contributed by atoms with E-state index < -0.39 is 59.2 Å². The number of carbonyl (C=O) groups is 5. The topological polar surface area (TPSA) is 264 Å². The quantitative estimate of drug-likeness (QED) is 0.0375. The van der Waals surface area contributed by atoms with Gasteiger partial charge in [0.2, 0.25) is 11.8 Å². The number of nitrogens with zero attached hydrogens (tertiary/aromatic N) is 3. The molecule has 6 atom stereocenters. The van der Waals surface area contributed by atoms with Gasteiger partial charge < -0.3 is 60.4 Å². The predicted octanol–water partition coefficient (Wildman–Crippen LogP) is 7.95. The summed E-state index contributed by atoms with van der Waals surface area (Å²) >= 11 is 0. The van der Waals surface area contributed by atoms with Crippen molar-refractivity contribution in [2.75, 3.05) is 13.1 Å². The van der Waals surface area contributed by atoms with E-state index in [-0.39, 0.29) is 99.0 Å². The number of phenols is 2. The molecule has 0 spiro atoms. The van der Waals surface area contributed by atoms with Gasteiger partial charge >= 0.3 is 5.97 Å². The van der Waals surface area contributed by atoms with Gasteiger partial charge in [0.05, 0.1) is 42.8 Å². The Morgan fingerprint density at radius 1 is 0.769 bits per heavy atom. The number of nitrogens with one attached hydrogen (secondary N) is 3. The van der Waals surface area contributed by atoms with Crippen LogP contribution in [0.25, 0.3) is 0 Å². The fraction of sp³-hybridized carbons (Fsp3) is 0.533. The maximum atomic E-state index is 14.6. The van der Waals surface area contributed by atoms with Crippen LogP contribution in [0.2, 0.25) is 0 Å². The molecule has 0 bridgehead atoms. The van der Waals surface area contributed by atoms with Gasteiger partial charge in [-0.25, -0.2) is 9.78 Å². The number of imidazole rings is 1. The van der Waals surface area contributed by atoms with Crippen LogP contribution in [0, 0.1) is 0 Å². The van der Waals surface area contributed by atoms with E-state index >= 15 is 0 Å². The molecule has 4 aliphatic rings. The molecule has 0 aliphatic carbocycles. The summed E-state index contributed by atoms with van der Waals surface area (Å²) in [6.07, 6.45) is 15.8. The number of allylic oxidation sites excluding steroid dienone is 8. The monoisotopic (exact) mass is 1080 g/mol. The Morgan fingerprint density at radius 2 is 1.31 bits per heavy atom. The Balaban J connectivity index is 1.07. The number of carboxylic acids is 1. The smallest absolute Gasteiger partial charge is 0.326 e. The van der Waals surface area contributed by atoms with E-state index in [0.717, 1.165) is 25.7 Å². The number of amides is 4. The van der Waals surface area contributed by atoms with Crippen molar-refractivity contribution < 1.29 is 59.0 Å². The first-order chi connectivity index (χ1) is 37.0.